The molecule has 8 nitrogen and oxygen atoms in total. The molecule has 0 bridgehead atoms. The van der Waals surface area contributed by atoms with E-state index in [1.165, 1.54) is 0 Å². The van der Waals surface area contributed by atoms with Crippen molar-refractivity contribution in [2.24, 2.45) is 0 Å². The van der Waals surface area contributed by atoms with Gasteiger partial charge in [-0.25, -0.2) is 4.98 Å². The zero-order valence-corrected chi connectivity index (χ0v) is 16.7. The number of nitrogens with zero attached hydrogens (tertiary/aromatic N) is 2. The standard InChI is InChI=1S/C22H23N3O5/c1-15(26)25-10-7-22(8-11-25)13-18(27)17-6-5-16(12-19(17)30-22)29-14-21(28)24-20-4-2-3-9-23-20/h2-6,9,12H,7-8,10-11,13-14H2,1H3,(H,23,24,28). The molecule has 3 heterocycles. The van der Waals surface area contributed by atoms with Crippen molar-refractivity contribution in [3.05, 3.63) is 48.2 Å². The molecule has 0 saturated carbocycles. The summed E-state index contributed by atoms with van der Waals surface area (Å²) in [5.41, 5.74) is -0.0784. The summed E-state index contributed by atoms with van der Waals surface area (Å²) in [6.45, 7) is 2.50. The van der Waals surface area contributed by atoms with Gasteiger partial charge in [-0.15, -0.1) is 0 Å². The molecule has 2 amide bonds. The van der Waals surface area contributed by atoms with Gasteiger partial charge in [-0.3, -0.25) is 14.4 Å². The first-order chi connectivity index (χ1) is 14.4. The number of ketones is 1. The molecule has 8 heteroatoms. The van der Waals surface area contributed by atoms with Crippen LogP contribution in [-0.4, -0.2) is 52.8 Å². The Labute approximate surface area is 174 Å². The molecule has 0 atom stereocenters. The third kappa shape index (κ3) is 4.27. The molecule has 156 valence electrons. The predicted octanol–water partition coefficient (Wildman–Crippen LogP) is 2.45. The molecule has 0 unspecified atom stereocenters. The maximum Gasteiger partial charge on any atom is 0.263 e. The number of hydrogen-bond donors (Lipinski definition) is 1. The van der Waals surface area contributed by atoms with Crippen LogP contribution in [0.25, 0.3) is 0 Å². The van der Waals surface area contributed by atoms with E-state index >= 15 is 0 Å². The van der Waals surface area contributed by atoms with Gasteiger partial charge >= 0.3 is 0 Å². The molecule has 2 aliphatic rings. The quantitative estimate of drug-likeness (QED) is 0.833. The van der Waals surface area contributed by atoms with Gasteiger partial charge < -0.3 is 19.7 Å². The second-order valence-electron chi connectivity index (χ2n) is 7.60. The highest BCUT2D eigenvalue weighted by Crippen LogP contribution is 2.40. The van der Waals surface area contributed by atoms with E-state index in [0.717, 1.165) is 0 Å². The Kier molecular flexibility index (Phi) is 5.39. The number of Topliss-reactive ketones (excluding diaryl/α,β-unsaturated/α-hetero) is 1. The van der Waals surface area contributed by atoms with Crippen LogP contribution in [0.3, 0.4) is 0 Å². The van der Waals surface area contributed by atoms with Crippen molar-refractivity contribution in [2.75, 3.05) is 25.0 Å². The molecule has 0 radical (unpaired) electrons. The summed E-state index contributed by atoms with van der Waals surface area (Å²) in [6, 6.07) is 10.2. The summed E-state index contributed by atoms with van der Waals surface area (Å²) in [5, 5.41) is 2.65. The fourth-order valence-corrected chi connectivity index (χ4v) is 3.84. The summed E-state index contributed by atoms with van der Waals surface area (Å²) in [5.74, 6) is 1.07. The van der Waals surface area contributed by atoms with Crippen molar-refractivity contribution in [3.8, 4) is 11.5 Å². The fourth-order valence-electron chi connectivity index (χ4n) is 3.84. The lowest BCUT2D eigenvalue weighted by Crippen LogP contribution is -2.51. The molecule has 0 aliphatic carbocycles. The Bertz CT molecular complexity index is 968. The molecule has 1 fully saturated rings. The molecule has 2 aromatic rings. The second kappa shape index (κ2) is 8.14. The lowest BCUT2D eigenvalue weighted by Gasteiger charge is -2.43. The molecule has 4 rings (SSSR count). The Balaban J connectivity index is 1.41. The van der Waals surface area contributed by atoms with Crippen molar-refractivity contribution in [3.63, 3.8) is 0 Å². The molecule has 1 N–H and O–H groups in total. The van der Waals surface area contributed by atoms with Gasteiger partial charge in [0.1, 0.15) is 22.9 Å². The van der Waals surface area contributed by atoms with Gasteiger partial charge in [-0.1, -0.05) is 6.07 Å². The molecule has 1 saturated heterocycles. The summed E-state index contributed by atoms with van der Waals surface area (Å²) >= 11 is 0. The Hall–Kier alpha value is -3.42. The number of pyridine rings is 1. The minimum Gasteiger partial charge on any atom is -0.486 e. The second-order valence-corrected chi connectivity index (χ2v) is 7.60. The van der Waals surface area contributed by atoms with Crippen molar-refractivity contribution in [1.82, 2.24) is 9.88 Å². The Morgan fingerprint density at radius 3 is 2.73 bits per heavy atom. The summed E-state index contributed by atoms with van der Waals surface area (Å²) < 4.78 is 11.8. The average molecular weight is 409 g/mol. The van der Waals surface area contributed by atoms with Crippen LogP contribution in [0.15, 0.2) is 42.6 Å². The lowest BCUT2D eigenvalue weighted by atomic mass is 9.82. The van der Waals surface area contributed by atoms with Crippen molar-refractivity contribution >= 4 is 23.4 Å². The maximum absolute atomic E-state index is 12.7. The zero-order valence-electron chi connectivity index (χ0n) is 16.7. The van der Waals surface area contributed by atoms with E-state index in [1.807, 2.05) is 0 Å². The highest BCUT2D eigenvalue weighted by atomic mass is 16.5. The van der Waals surface area contributed by atoms with Gasteiger partial charge in [-0.2, -0.15) is 0 Å². The van der Waals surface area contributed by atoms with Crippen molar-refractivity contribution < 1.29 is 23.9 Å². The first kappa shape index (κ1) is 19.9. The van der Waals surface area contributed by atoms with Crippen LogP contribution in [0.5, 0.6) is 11.5 Å². The van der Waals surface area contributed by atoms with Crippen LogP contribution in [0.1, 0.15) is 36.5 Å². The number of anilines is 1. The monoisotopic (exact) mass is 409 g/mol. The first-order valence-electron chi connectivity index (χ1n) is 9.90. The number of carbonyl (C=O) groups is 3. The van der Waals surface area contributed by atoms with E-state index in [4.69, 9.17) is 9.47 Å². The first-order valence-corrected chi connectivity index (χ1v) is 9.90. The third-order valence-corrected chi connectivity index (χ3v) is 5.48. The van der Waals surface area contributed by atoms with Gasteiger partial charge in [0.25, 0.3) is 5.91 Å². The molecule has 2 aliphatic heterocycles. The molecular weight excluding hydrogens is 386 g/mol. The van der Waals surface area contributed by atoms with Gasteiger partial charge in [-0.05, 0) is 24.3 Å². The summed E-state index contributed by atoms with van der Waals surface area (Å²) in [6.07, 6.45) is 3.11. The number of piperidine rings is 1. The SMILES string of the molecule is CC(=O)N1CCC2(CC1)CC(=O)c1ccc(OCC(=O)Nc3ccccn3)cc1O2. The van der Waals surface area contributed by atoms with Gasteiger partial charge in [0.15, 0.2) is 12.4 Å². The lowest BCUT2D eigenvalue weighted by molar-refractivity contribution is -0.132. The van der Waals surface area contributed by atoms with Crippen LogP contribution in [0, 0.1) is 0 Å². The third-order valence-electron chi connectivity index (χ3n) is 5.48. The number of likely N-dealkylation sites (tertiary alicyclic amines) is 1. The number of fused-ring (bicyclic) bond motifs is 1. The zero-order chi connectivity index (χ0) is 21.1. The normalized spacial score (nSPS) is 17.1. The molecule has 1 aromatic carbocycles. The maximum atomic E-state index is 12.7. The Morgan fingerprint density at radius 2 is 2.03 bits per heavy atom. The smallest absolute Gasteiger partial charge is 0.263 e. The van der Waals surface area contributed by atoms with Crippen LogP contribution in [-0.2, 0) is 9.59 Å². The topological polar surface area (TPSA) is 97.8 Å². The number of aromatic nitrogens is 1. The van der Waals surface area contributed by atoms with Gasteiger partial charge in [0.05, 0.1) is 12.0 Å². The number of ether oxygens (including phenoxy) is 2. The van der Waals surface area contributed by atoms with E-state index in [1.54, 1.807) is 54.4 Å². The number of hydrogen-bond acceptors (Lipinski definition) is 6. The number of benzene rings is 1. The minimum atomic E-state index is -0.592. The largest absolute Gasteiger partial charge is 0.486 e. The van der Waals surface area contributed by atoms with E-state index in [0.29, 0.717) is 55.2 Å². The van der Waals surface area contributed by atoms with Crippen LogP contribution in [0.2, 0.25) is 0 Å². The van der Waals surface area contributed by atoms with Crippen molar-refractivity contribution in [2.45, 2.75) is 31.8 Å². The Morgan fingerprint density at radius 1 is 1.23 bits per heavy atom. The van der Waals surface area contributed by atoms with E-state index in [2.05, 4.69) is 10.3 Å². The number of rotatable bonds is 4. The summed E-state index contributed by atoms with van der Waals surface area (Å²) in [4.78, 5) is 42.1. The van der Waals surface area contributed by atoms with E-state index in [-0.39, 0.29) is 24.2 Å². The fraction of sp³-hybridized carbons (Fsp3) is 0.364. The van der Waals surface area contributed by atoms with Crippen molar-refractivity contribution in [1.29, 1.82) is 0 Å². The van der Waals surface area contributed by atoms with Gasteiger partial charge in [0.2, 0.25) is 5.91 Å². The van der Waals surface area contributed by atoms with E-state index in [9.17, 15) is 14.4 Å². The predicted molar refractivity (Wildman–Crippen MR) is 109 cm³/mol. The highest BCUT2D eigenvalue weighted by molar-refractivity contribution is 6.00. The number of carbonyl (C=O) groups excluding carboxylic acids is 3. The highest BCUT2D eigenvalue weighted by Gasteiger charge is 2.43. The van der Waals surface area contributed by atoms with Crippen LogP contribution >= 0.6 is 0 Å². The average Bonchev–Trinajstić information content (AvgIpc) is 2.73. The van der Waals surface area contributed by atoms with E-state index < -0.39 is 5.60 Å². The van der Waals surface area contributed by atoms with Crippen LogP contribution in [0.4, 0.5) is 5.82 Å². The number of amides is 2. The number of nitrogens with one attached hydrogen (secondary N) is 1. The molecule has 1 aromatic heterocycles. The molecule has 30 heavy (non-hydrogen) atoms. The van der Waals surface area contributed by atoms with Crippen LogP contribution < -0.4 is 14.8 Å². The molecule has 1 spiro atoms. The summed E-state index contributed by atoms with van der Waals surface area (Å²) in [7, 11) is 0. The molecular formula is C22H23N3O5. The minimum absolute atomic E-state index is 0.0203. The van der Waals surface area contributed by atoms with Gasteiger partial charge in [0, 0.05) is 45.1 Å².